The minimum absolute atomic E-state index is 0.0450. The molecule has 116 valence electrons. The van der Waals surface area contributed by atoms with Gasteiger partial charge in [0.1, 0.15) is 15.7 Å². The predicted molar refractivity (Wildman–Crippen MR) is 83.9 cm³/mol. The summed E-state index contributed by atoms with van der Waals surface area (Å²) in [6.07, 6.45) is 0.991. The maximum absolute atomic E-state index is 12.3. The normalized spacial score (nSPS) is 11.8. The molecule has 0 aliphatic heterocycles. The third-order valence-electron chi connectivity index (χ3n) is 2.47. The molecule has 0 fully saturated rings. The lowest BCUT2D eigenvalue weighted by atomic mass is 10.4. The van der Waals surface area contributed by atoms with Gasteiger partial charge in [0.2, 0.25) is 5.13 Å². The van der Waals surface area contributed by atoms with Crippen LogP contribution in [0.2, 0.25) is 0 Å². The summed E-state index contributed by atoms with van der Waals surface area (Å²) in [5.74, 6) is 0.546. The van der Waals surface area contributed by atoms with E-state index in [2.05, 4.69) is 43.1 Å². The molecule has 2 aromatic rings. The molecule has 0 bridgehead atoms. The van der Waals surface area contributed by atoms with E-state index in [0.29, 0.717) is 17.3 Å². The Bertz CT molecular complexity index is 711. The van der Waals surface area contributed by atoms with E-state index in [1.54, 1.807) is 6.92 Å². The number of anilines is 1. The van der Waals surface area contributed by atoms with Gasteiger partial charge in [-0.3, -0.25) is 4.72 Å². The van der Waals surface area contributed by atoms with Crippen LogP contribution in [0.25, 0.3) is 0 Å². The maximum Gasteiger partial charge on any atom is 0.268 e. The van der Waals surface area contributed by atoms with Gasteiger partial charge in [-0.2, -0.15) is 0 Å². The van der Waals surface area contributed by atoms with Crippen LogP contribution in [-0.2, 0) is 16.6 Å². The van der Waals surface area contributed by atoms with Crippen molar-refractivity contribution in [1.29, 1.82) is 0 Å². The Hall–Kier alpha value is -0.970. The molecule has 10 heteroatoms. The van der Waals surface area contributed by atoms with Gasteiger partial charge >= 0.3 is 0 Å². The van der Waals surface area contributed by atoms with Crippen molar-refractivity contribution in [1.82, 2.24) is 15.5 Å². The van der Waals surface area contributed by atoms with E-state index >= 15 is 0 Å². The van der Waals surface area contributed by atoms with Crippen LogP contribution in [0, 0.1) is 6.92 Å². The van der Waals surface area contributed by atoms with Crippen LogP contribution < -0.4 is 10.0 Å². The smallest absolute Gasteiger partial charge is 0.268 e. The summed E-state index contributed by atoms with van der Waals surface area (Å²) in [6, 6.07) is 1.49. The second-order valence-corrected chi connectivity index (χ2v) is 7.81. The van der Waals surface area contributed by atoms with E-state index in [1.807, 2.05) is 0 Å². The van der Waals surface area contributed by atoms with Gasteiger partial charge in [0.05, 0.1) is 6.54 Å². The molecule has 2 rings (SSSR count). The number of hydrogen-bond donors (Lipinski definition) is 2. The third-order valence-corrected chi connectivity index (χ3v) is 5.55. The average Bonchev–Trinajstić information content (AvgIpc) is 2.96. The van der Waals surface area contributed by atoms with Gasteiger partial charge in [-0.25, -0.2) is 8.42 Å². The number of aromatic nitrogens is 2. The van der Waals surface area contributed by atoms with Crippen molar-refractivity contribution in [3.63, 3.8) is 0 Å². The molecule has 0 amide bonds. The lowest BCUT2D eigenvalue weighted by Crippen LogP contribution is -2.14. The summed E-state index contributed by atoms with van der Waals surface area (Å²) in [7, 11) is -3.75. The molecule has 0 saturated heterocycles. The van der Waals surface area contributed by atoms with Gasteiger partial charge in [-0.15, -0.1) is 10.2 Å². The molecular weight excluding hydrogens is 380 g/mol. The van der Waals surface area contributed by atoms with Gasteiger partial charge in [-0.1, -0.05) is 18.3 Å². The van der Waals surface area contributed by atoms with Crippen LogP contribution in [-0.4, -0.2) is 25.2 Å². The highest BCUT2D eigenvalue weighted by atomic mass is 79.9. The molecule has 0 radical (unpaired) electrons. The third kappa shape index (κ3) is 4.25. The fourth-order valence-corrected chi connectivity index (χ4v) is 4.39. The van der Waals surface area contributed by atoms with Gasteiger partial charge in [0.25, 0.3) is 10.0 Å². The SMILES string of the molecule is CCCNCc1cc(S(=O)(=O)Nc2nnc(C)s2)c(Br)o1. The standard InChI is InChI=1S/C11H15BrN4O3S2/c1-3-4-13-6-8-5-9(10(12)19-8)21(17,18)16-11-15-14-7(2)20-11/h5,13H,3-4,6H2,1-2H3,(H,15,16). The number of halogens is 1. The highest BCUT2D eigenvalue weighted by Gasteiger charge is 2.23. The number of aryl methyl sites for hydroxylation is 1. The predicted octanol–water partition coefficient (Wildman–Crippen LogP) is 2.50. The molecule has 0 spiro atoms. The Morgan fingerprint density at radius 2 is 2.19 bits per heavy atom. The van der Waals surface area contributed by atoms with Crippen molar-refractivity contribution in [2.24, 2.45) is 0 Å². The molecule has 0 atom stereocenters. The van der Waals surface area contributed by atoms with Crippen molar-refractivity contribution in [3.8, 4) is 0 Å². The molecule has 0 unspecified atom stereocenters. The van der Waals surface area contributed by atoms with Crippen molar-refractivity contribution in [2.75, 3.05) is 11.3 Å². The molecule has 0 aliphatic carbocycles. The summed E-state index contributed by atoms with van der Waals surface area (Å²) in [6.45, 7) is 5.11. The van der Waals surface area contributed by atoms with Crippen LogP contribution in [0.3, 0.4) is 0 Å². The molecular formula is C11H15BrN4O3S2. The summed E-state index contributed by atoms with van der Waals surface area (Å²) in [4.78, 5) is 0.0450. The Balaban J connectivity index is 2.16. The highest BCUT2D eigenvalue weighted by Crippen LogP contribution is 2.28. The zero-order chi connectivity index (χ0) is 15.5. The van der Waals surface area contributed by atoms with E-state index < -0.39 is 10.0 Å². The molecule has 0 saturated carbocycles. The maximum atomic E-state index is 12.3. The average molecular weight is 395 g/mol. The molecule has 0 aromatic carbocycles. The van der Waals surface area contributed by atoms with Gasteiger partial charge in [-0.05, 0) is 35.8 Å². The fraction of sp³-hybridized carbons (Fsp3) is 0.455. The first kappa shape index (κ1) is 16.4. The lowest BCUT2D eigenvalue weighted by Gasteiger charge is -2.01. The minimum atomic E-state index is -3.75. The second-order valence-electron chi connectivity index (χ2n) is 4.26. The number of nitrogens with one attached hydrogen (secondary N) is 2. The first-order valence-corrected chi connectivity index (χ1v) is 9.33. The van der Waals surface area contributed by atoms with Crippen molar-refractivity contribution in [2.45, 2.75) is 31.7 Å². The van der Waals surface area contributed by atoms with E-state index in [1.165, 1.54) is 17.4 Å². The molecule has 7 nitrogen and oxygen atoms in total. The Labute approximate surface area is 135 Å². The van der Waals surface area contributed by atoms with E-state index in [4.69, 9.17) is 4.42 Å². The fourth-order valence-electron chi connectivity index (χ4n) is 1.56. The minimum Gasteiger partial charge on any atom is -0.451 e. The number of sulfonamides is 1. The Kier molecular flexibility index (Phi) is 5.36. The van der Waals surface area contributed by atoms with Crippen LogP contribution in [0.5, 0.6) is 0 Å². The lowest BCUT2D eigenvalue weighted by molar-refractivity contribution is 0.461. The highest BCUT2D eigenvalue weighted by molar-refractivity contribution is 9.10. The first-order valence-electron chi connectivity index (χ1n) is 6.24. The second kappa shape index (κ2) is 6.86. The molecule has 2 heterocycles. The van der Waals surface area contributed by atoms with Crippen LogP contribution in [0.15, 0.2) is 20.0 Å². The van der Waals surface area contributed by atoms with E-state index in [9.17, 15) is 8.42 Å². The number of rotatable bonds is 7. The Morgan fingerprint density at radius 1 is 1.43 bits per heavy atom. The van der Waals surface area contributed by atoms with Gasteiger partial charge in [0, 0.05) is 6.07 Å². The van der Waals surface area contributed by atoms with E-state index in [0.717, 1.165) is 13.0 Å². The van der Waals surface area contributed by atoms with Crippen molar-refractivity contribution >= 4 is 42.4 Å². The van der Waals surface area contributed by atoms with Crippen molar-refractivity contribution in [3.05, 3.63) is 21.5 Å². The molecule has 2 aromatic heterocycles. The largest absolute Gasteiger partial charge is 0.451 e. The zero-order valence-corrected chi connectivity index (χ0v) is 14.7. The van der Waals surface area contributed by atoms with Crippen molar-refractivity contribution < 1.29 is 12.8 Å². The monoisotopic (exact) mass is 394 g/mol. The summed E-state index contributed by atoms with van der Waals surface area (Å²) >= 11 is 4.30. The van der Waals surface area contributed by atoms with Gasteiger partial charge < -0.3 is 9.73 Å². The topological polar surface area (TPSA) is 97.1 Å². The first-order chi connectivity index (χ1) is 9.92. The van der Waals surface area contributed by atoms with E-state index in [-0.39, 0.29) is 14.7 Å². The molecule has 2 N–H and O–H groups in total. The van der Waals surface area contributed by atoms with Crippen LogP contribution in [0.4, 0.5) is 5.13 Å². The summed E-state index contributed by atoms with van der Waals surface area (Å²) < 4.78 is 32.5. The quantitative estimate of drug-likeness (QED) is 0.700. The van der Waals surface area contributed by atoms with Crippen LogP contribution in [0.1, 0.15) is 24.1 Å². The van der Waals surface area contributed by atoms with Gasteiger partial charge in [0.15, 0.2) is 4.67 Å². The number of nitrogens with zero attached hydrogens (tertiary/aromatic N) is 2. The summed E-state index contributed by atoms with van der Waals surface area (Å²) in [5.41, 5.74) is 0. The number of hydrogen-bond acceptors (Lipinski definition) is 7. The number of furan rings is 1. The zero-order valence-electron chi connectivity index (χ0n) is 11.5. The summed E-state index contributed by atoms with van der Waals surface area (Å²) in [5, 5.41) is 11.6. The van der Waals surface area contributed by atoms with Crippen LogP contribution >= 0.6 is 27.3 Å². The Morgan fingerprint density at radius 3 is 2.81 bits per heavy atom. The molecule has 21 heavy (non-hydrogen) atoms. The molecule has 0 aliphatic rings.